The quantitative estimate of drug-likeness (QED) is 0.625. The highest BCUT2D eigenvalue weighted by molar-refractivity contribution is 6.11. The van der Waals surface area contributed by atoms with Gasteiger partial charge in [-0.05, 0) is 36.8 Å². The SMILES string of the molecule is COc1ccc([C@@]2(C)NC(=O)N(CC(=O)c3cccc(OC)c3)C2=O)cc1. The van der Waals surface area contributed by atoms with Crippen molar-refractivity contribution in [2.24, 2.45) is 0 Å². The van der Waals surface area contributed by atoms with E-state index in [4.69, 9.17) is 9.47 Å². The van der Waals surface area contributed by atoms with Gasteiger partial charge in [-0.2, -0.15) is 0 Å². The summed E-state index contributed by atoms with van der Waals surface area (Å²) in [6.07, 6.45) is 0. The fourth-order valence-electron chi connectivity index (χ4n) is 2.99. The van der Waals surface area contributed by atoms with Crippen LogP contribution in [0.25, 0.3) is 0 Å². The summed E-state index contributed by atoms with van der Waals surface area (Å²) in [5, 5.41) is 2.68. The molecule has 3 amide bonds. The molecular weight excluding hydrogens is 348 g/mol. The highest BCUT2D eigenvalue weighted by atomic mass is 16.5. The van der Waals surface area contributed by atoms with Crippen LogP contribution in [-0.4, -0.2) is 43.4 Å². The minimum Gasteiger partial charge on any atom is -0.497 e. The van der Waals surface area contributed by atoms with Gasteiger partial charge in [0.25, 0.3) is 5.91 Å². The van der Waals surface area contributed by atoms with Crippen molar-refractivity contribution in [1.82, 2.24) is 10.2 Å². The van der Waals surface area contributed by atoms with Crippen molar-refractivity contribution >= 4 is 17.7 Å². The van der Waals surface area contributed by atoms with Gasteiger partial charge in [0.1, 0.15) is 17.0 Å². The molecule has 2 aromatic carbocycles. The zero-order valence-electron chi connectivity index (χ0n) is 15.3. The van der Waals surface area contributed by atoms with Crippen molar-refractivity contribution in [2.45, 2.75) is 12.5 Å². The lowest BCUT2D eigenvalue weighted by Gasteiger charge is -2.22. The average molecular weight is 368 g/mol. The molecule has 0 aliphatic carbocycles. The van der Waals surface area contributed by atoms with E-state index in [1.54, 1.807) is 62.6 Å². The van der Waals surface area contributed by atoms with E-state index in [1.165, 1.54) is 7.11 Å². The van der Waals surface area contributed by atoms with Crippen molar-refractivity contribution < 1.29 is 23.9 Å². The molecule has 27 heavy (non-hydrogen) atoms. The minimum absolute atomic E-state index is 0.344. The van der Waals surface area contributed by atoms with Gasteiger partial charge in [0.05, 0.1) is 20.8 Å². The van der Waals surface area contributed by atoms with Gasteiger partial charge in [-0.1, -0.05) is 24.3 Å². The summed E-state index contributed by atoms with van der Waals surface area (Å²) in [5.74, 6) is 0.343. The molecule has 0 unspecified atom stereocenters. The summed E-state index contributed by atoms with van der Waals surface area (Å²) in [6, 6.07) is 12.8. The van der Waals surface area contributed by atoms with E-state index in [9.17, 15) is 14.4 Å². The van der Waals surface area contributed by atoms with Gasteiger partial charge in [0.2, 0.25) is 0 Å². The van der Waals surface area contributed by atoms with E-state index in [2.05, 4.69) is 5.32 Å². The van der Waals surface area contributed by atoms with Crippen molar-refractivity contribution in [1.29, 1.82) is 0 Å². The van der Waals surface area contributed by atoms with Gasteiger partial charge in [-0.25, -0.2) is 4.79 Å². The molecule has 0 aromatic heterocycles. The normalized spacial score (nSPS) is 19.0. The summed E-state index contributed by atoms with van der Waals surface area (Å²) < 4.78 is 10.2. The van der Waals surface area contributed by atoms with Crippen molar-refractivity contribution in [3.8, 4) is 11.5 Å². The Morgan fingerprint density at radius 3 is 2.33 bits per heavy atom. The Kier molecular flexibility index (Phi) is 4.85. The number of amides is 3. The topological polar surface area (TPSA) is 84.9 Å². The third kappa shape index (κ3) is 3.36. The van der Waals surface area contributed by atoms with Crippen LogP contribution in [0.3, 0.4) is 0 Å². The van der Waals surface area contributed by atoms with Crippen LogP contribution in [-0.2, 0) is 10.3 Å². The van der Waals surface area contributed by atoms with Crippen molar-refractivity contribution in [2.75, 3.05) is 20.8 Å². The fourth-order valence-corrected chi connectivity index (χ4v) is 2.99. The number of urea groups is 1. The Hall–Kier alpha value is -3.35. The van der Waals surface area contributed by atoms with Gasteiger partial charge in [0.15, 0.2) is 5.78 Å². The van der Waals surface area contributed by atoms with Gasteiger partial charge in [-0.3, -0.25) is 14.5 Å². The Labute approximate surface area is 156 Å². The molecule has 0 bridgehead atoms. The number of imide groups is 1. The molecule has 7 nitrogen and oxygen atoms in total. The molecule has 3 rings (SSSR count). The third-order valence-electron chi connectivity index (χ3n) is 4.64. The number of carbonyl (C=O) groups excluding carboxylic acids is 3. The molecule has 1 heterocycles. The van der Waals surface area contributed by atoms with E-state index in [0.717, 1.165) is 4.90 Å². The van der Waals surface area contributed by atoms with E-state index < -0.39 is 17.5 Å². The van der Waals surface area contributed by atoms with Crippen LogP contribution >= 0.6 is 0 Å². The Morgan fingerprint density at radius 1 is 1.04 bits per heavy atom. The van der Waals surface area contributed by atoms with E-state index in [-0.39, 0.29) is 12.3 Å². The standard InChI is InChI=1S/C20H20N2O5/c1-20(14-7-9-15(26-2)10-8-14)18(24)22(19(25)21-20)12-17(23)13-5-4-6-16(11-13)27-3/h4-11H,12H2,1-3H3,(H,21,25)/t20-/m1/s1. The zero-order chi connectivity index (χ0) is 19.6. The molecule has 140 valence electrons. The molecule has 1 fully saturated rings. The fraction of sp³-hybridized carbons (Fsp3) is 0.250. The molecule has 0 spiro atoms. The van der Waals surface area contributed by atoms with Crippen LogP contribution in [0.15, 0.2) is 48.5 Å². The number of nitrogens with zero attached hydrogens (tertiary/aromatic N) is 1. The second-order valence-corrected chi connectivity index (χ2v) is 6.33. The number of nitrogens with one attached hydrogen (secondary N) is 1. The maximum Gasteiger partial charge on any atom is 0.325 e. The second-order valence-electron chi connectivity index (χ2n) is 6.33. The first-order valence-electron chi connectivity index (χ1n) is 8.35. The molecule has 1 saturated heterocycles. The molecule has 7 heteroatoms. The highest BCUT2D eigenvalue weighted by Gasteiger charge is 2.49. The van der Waals surface area contributed by atoms with Gasteiger partial charge in [-0.15, -0.1) is 0 Å². The lowest BCUT2D eigenvalue weighted by molar-refractivity contribution is -0.130. The summed E-state index contributed by atoms with van der Waals surface area (Å²) in [7, 11) is 3.05. The molecule has 1 aliphatic heterocycles. The predicted octanol–water partition coefficient (Wildman–Crippen LogP) is 2.35. The smallest absolute Gasteiger partial charge is 0.325 e. The molecule has 1 atom stereocenters. The zero-order valence-corrected chi connectivity index (χ0v) is 15.3. The molecular formula is C20H20N2O5. The number of ether oxygens (including phenoxy) is 2. The average Bonchev–Trinajstić information content (AvgIpc) is 2.92. The maximum atomic E-state index is 12.9. The van der Waals surface area contributed by atoms with Gasteiger partial charge < -0.3 is 14.8 Å². The van der Waals surface area contributed by atoms with E-state index in [0.29, 0.717) is 22.6 Å². The molecule has 1 N–H and O–H groups in total. The first-order chi connectivity index (χ1) is 12.9. The second kappa shape index (κ2) is 7.11. The van der Waals surface area contributed by atoms with E-state index in [1.807, 2.05) is 0 Å². The third-order valence-corrected chi connectivity index (χ3v) is 4.64. The van der Waals surface area contributed by atoms with Crippen LogP contribution in [0.1, 0.15) is 22.8 Å². The Balaban J connectivity index is 1.81. The molecule has 1 aliphatic rings. The molecule has 2 aromatic rings. The number of rotatable bonds is 6. The van der Waals surface area contributed by atoms with Gasteiger partial charge in [0, 0.05) is 5.56 Å². The summed E-state index contributed by atoms with van der Waals surface area (Å²) in [5.41, 5.74) is -0.260. The van der Waals surface area contributed by atoms with Crippen molar-refractivity contribution in [3.63, 3.8) is 0 Å². The first-order valence-corrected chi connectivity index (χ1v) is 8.35. The highest BCUT2D eigenvalue weighted by Crippen LogP contribution is 2.30. The van der Waals surface area contributed by atoms with Crippen molar-refractivity contribution in [3.05, 3.63) is 59.7 Å². The van der Waals surface area contributed by atoms with Gasteiger partial charge >= 0.3 is 6.03 Å². The summed E-state index contributed by atoms with van der Waals surface area (Å²) in [4.78, 5) is 38.8. The van der Waals surface area contributed by atoms with Crippen LogP contribution in [0.2, 0.25) is 0 Å². The van der Waals surface area contributed by atoms with Crippen LogP contribution in [0.5, 0.6) is 11.5 Å². The first kappa shape index (κ1) is 18.4. The lowest BCUT2D eigenvalue weighted by Crippen LogP contribution is -2.41. The predicted molar refractivity (Wildman–Crippen MR) is 97.9 cm³/mol. The van der Waals surface area contributed by atoms with Crippen LogP contribution < -0.4 is 14.8 Å². The molecule has 0 radical (unpaired) electrons. The maximum absolute atomic E-state index is 12.9. The number of benzene rings is 2. The number of ketones is 1. The number of hydrogen-bond acceptors (Lipinski definition) is 5. The number of Topliss-reactive ketones (excluding diaryl/α,β-unsaturated/α-hetero) is 1. The summed E-state index contributed by atoms with van der Waals surface area (Å²) >= 11 is 0. The minimum atomic E-state index is -1.24. The number of carbonyl (C=O) groups is 3. The lowest BCUT2D eigenvalue weighted by atomic mass is 9.92. The number of hydrogen-bond donors (Lipinski definition) is 1. The summed E-state index contributed by atoms with van der Waals surface area (Å²) in [6.45, 7) is 1.27. The van der Waals surface area contributed by atoms with Crippen LogP contribution in [0, 0.1) is 0 Å². The van der Waals surface area contributed by atoms with E-state index >= 15 is 0 Å². The molecule has 0 saturated carbocycles. The largest absolute Gasteiger partial charge is 0.497 e. The Bertz CT molecular complexity index is 894. The monoisotopic (exact) mass is 368 g/mol. The van der Waals surface area contributed by atoms with Crippen LogP contribution in [0.4, 0.5) is 4.79 Å². The Morgan fingerprint density at radius 2 is 1.70 bits per heavy atom. The number of methoxy groups -OCH3 is 2.